The first kappa shape index (κ1) is 19.3. The number of aromatic nitrogens is 5. The summed E-state index contributed by atoms with van der Waals surface area (Å²) in [6, 6.07) is 14.3. The first-order valence-corrected chi connectivity index (χ1v) is 10.3. The lowest BCUT2D eigenvalue weighted by Crippen LogP contribution is -2.45. The second kappa shape index (κ2) is 8.55. The Bertz CT molecular complexity index is 950. The molecule has 3 heterocycles. The molecule has 0 spiro atoms. The number of benzene rings is 1. The number of anilines is 1. The van der Waals surface area contributed by atoms with Crippen molar-refractivity contribution in [2.45, 2.75) is 45.7 Å². The van der Waals surface area contributed by atoms with Crippen LogP contribution in [0.5, 0.6) is 0 Å². The lowest BCUT2D eigenvalue weighted by molar-refractivity contribution is -0.139. The lowest BCUT2D eigenvalue weighted by Gasteiger charge is -2.37. The molecule has 1 aliphatic rings. The first-order chi connectivity index (χ1) is 14.2. The fraction of sp³-hybridized carbons (Fsp3) is 0.476. The van der Waals surface area contributed by atoms with E-state index in [1.54, 1.807) is 0 Å². The smallest absolute Gasteiger partial charge is 0.226 e. The molecule has 4 rings (SSSR count). The number of nitrogens with zero attached hydrogens (tertiary/aromatic N) is 7. The average molecular weight is 393 g/mol. The third-order valence-electron chi connectivity index (χ3n) is 5.83. The Hall–Kier alpha value is -3.03. The molecule has 0 aliphatic carbocycles. The third kappa shape index (κ3) is 4.21. The van der Waals surface area contributed by atoms with E-state index in [4.69, 9.17) is 0 Å². The normalized spacial score (nSPS) is 16.1. The molecule has 1 atom stereocenters. The van der Waals surface area contributed by atoms with Crippen LogP contribution in [0.15, 0.2) is 42.5 Å². The molecule has 29 heavy (non-hydrogen) atoms. The molecule has 8 nitrogen and oxygen atoms in total. The molecule has 1 unspecified atom stereocenters. The summed E-state index contributed by atoms with van der Waals surface area (Å²) in [5.74, 6) is 1.17. The highest BCUT2D eigenvalue weighted by Crippen LogP contribution is 2.25. The number of carbonyl (C=O) groups excluding carboxylic acids is 1. The van der Waals surface area contributed by atoms with Crippen molar-refractivity contribution in [3.63, 3.8) is 0 Å². The quantitative estimate of drug-likeness (QED) is 0.640. The van der Waals surface area contributed by atoms with E-state index < -0.39 is 0 Å². The summed E-state index contributed by atoms with van der Waals surface area (Å²) in [5.41, 5.74) is 1.81. The van der Waals surface area contributed by atoms with Crippen LogP contribution in [-0.4, -0.2) is 55.2 Å². The van der Waals surface area contributed by atoms with Gasteiger partial charge in [-0.25, -0.2) is 0 Å². The van der Waals surface area contributed by atoms with E-state index >= 15 is 0 Å². The molecule has 0 N–H and O–H groups in total. The molecular weight excluding hydrogens is 366 g/mol. The van der Waals surface area contributed by atoms with Crippen molar-refractivity contribution < 1.29 is 4.79 Å². The van der Waals surface area contributed by atoms with Crippen LogP contribution in [0.4, 0.5) is 5.82 Å². The van der Waals surface area contributed by atoms with Crippen molar-refractivity contribution in [1.29, 1.82) is 0 Å². The topological polar surface area (TPSA) is 79.5 Å². The maximum absolute atomic E-state index is 13.3. The minimum atomic E-state index is 0.0562. The fourth-order valence-corrected chi connectivity index (χ4v) is 3.85. The second-order valence-corrected chi connectivity index (χ2v) is 7.69. The molecular formula is C21H27N7O. The molecule has 0 radical (unpaired) electrons. The van der Waals surface area contributed by atoms with Crippen LogP contribution in [0.1, 0.15) is 38.7 Å². The molecule has 1 amide bonds. The highest BCUT2D eigenvalue weighted by molar-refractivity contribution is 5.79. The van der Waals surface area contributed by atoms with Gasteiger partial charge < -0.3 is 9.80 Å². The van der Waals surface area contributed by atoms with E-state index in [9.17, 15) is 4.79 Å². The number of tetrazole rings is 1. The van der Waals surface area contributed by atoms with Gasteiger partial charge in [-0.1, -0.05) is 37.3 Å². The van der Waals surface area contributed by atoms with Gasteiger partial charge in [0.05, 0.1) is 0 Å². The van der Waals surface area contributed by atoms with Crippen molar-refractivity contribution in [1.82, 2.24) is 30.2 Å². The monoisotopic (exact) mass is 393 g/mol. The predicted octanol–water partition coefficient (Wildman–Crippen LogP) is 2.56. The van der Waals surface area contributed by atoms with E-state index in [-0.39, 0.29) is 17.9 Å². The van der Waals surface area contributed by atoms with Crippen molar-refractivity contribution in [3.05, 3.63) is 48.0 Å². The van der Waals surface area contributed by atoms with Crippen LogP contribution < -0.4 is 4.90 Å². The molecule has 3 aromatic rings. The molecule has 1 fully saturated rings. The van der Waals surface area contributed by atoms with E-state index in [1.807, 2.05) is 30.3 Å². The largest absolute Gasteiger partial charge is 0.355 e. The summed E-state index contributed by atoms with van der Waals surface area (Å²) in [6.45, 7) is 6.56. The van der Waals surface area contributed by atoms with Gasteiger partial charge in [0.15, 0.2) is 11.5 Å². The van der Waals surface area contributed by atoms with Gasteiger partial charge in [0.1, 0.15) is 0 Å². The van der Waals surface area contributed by atoms with Crippen LogP contribution in [-0.2, 0) is 11.3 Å². The van der Waals surface area contributed by atoms with Crippen molar-refractivity contribution >= 4 is 17.4 Å². The SMILES string of the molecule is CCC(C)N(Cc1ccccc1)C(=O)C1CCN(c2ccc3nnnn3n2)CC1. The maximum atomic E-state index is 13.3. The van der Waals surface area contributed by atoms with Gasteiger partial charge in [-0.15, -0.1) is 14.8 Å². The fourth-order valence-electron chi connectivity index (χ4n) is 3.85. The second-order valence-electron chi connectivity index (χ2n) is 7.69. The zero-order valence-corrected chi connectivity index (χ0v) is 17.0. The lowest BCUT2D eigenvalue weighted by atomic mass is 9.94. The number of rotatable bonds is 6. The molecule has 0 bridgehead atoms. The van der Waals surface area contributed by atoms with Gasteiger partial charge in [-0.2, -0.15) is 0 Å². The van der Waals surface area contributed by atoms with E-state index in [1.165, 1.54) is 10.2 Å². The Morgan fingerprint density at radius 2 is 1.93 bits per heavy atom. The van der Waals surface area contributed by atoms with Gasteiger partial charge in [-0.3, -0.25) is 4.79 Å². The van der Waals surface area contributed by atoms with Crippen molar-refractivity contribution in [3.8, 4) is 0 Å². The Labute approximate surface area is 170 Å². The van der Waals surface area contributed by atoms with Crippen molar-refractivity contribution in [2.75, 3.05) is 18.0 Å². The van der Waals surface area contributed by atoms with E-state index in [0.29, 0.717) is 12.2 Å². The van der Waals surface area contributed by atoms with Gasteiger partial charge >= 0.3 is 0 Å². The number of hydrogen-bond donors (Lipinski definition) is 0. The number of hydrogen-bond acceptors (Lipinski definition) is 6. The standard InChI is InChI=1S/C21H27N7O/c1-3-16(2)27(15-17-7-5-4-6-8-17)21(29)18-11-13-26(14-12-18)20-10-9-19-22-24-25-28(19)23-20/h4-10,16,18H,3,11-15H2,1-2H3. The molecule has 8 heteroatoms. The van der Waals surface area contributed by atoms with Gasteiger partial charge in [0.25, 0.3) is 0 Å². The van der Waals surface area contributed by atoms with Gasteiger partial charge in [0, 0.05) is 31.6 Å². The van der Waals surface area contributed by atoms with Crippen LogP contribution in [0.2, 0.25) is 0 Å². The summed E-state index contributed by atoms with van der Waals surface area (Å²) in [4.78, 5) is 17.6. The Balaban J connectivity index is 1.42. The van der Waals surface area contributed by atoms with E-state index in [2.05, 4.69) is 56.4 Å². The highest BCUT2D eigenvalue weighted by Gasteiger charge is 2.31. The third-order valence-corrected chi connectivity index (χ3v) is 5.83. The summed E-state index contributed by atoms with van der Waals surface area (Å²) in [6.07, 6.45) is 2.61. The van der Waals surface area contributed by atoms with E-state index in [0.717, 1.165) is 38.2 Å². The summed E-state index contributed by atoms with van der Waals surface area (Å²) < 4.78 is 1.44. The zero-order valence-electron chi connectivity index (χ0n) is 17.0. The number of fused-ring (bicyclic) bond motifs is 1. The molecule has 1 aliphatic heterocycles. The van der Waals surface area contributed by atoms with Crippen LogP contribution in [0.3, 0.4) is 0 Å². The first-order valence-electron chi connectivity index (χ1n) is 10.3. The van der Waals surface area contributed by atoms with Crippen molar-refractivity contribution in [2.24, 2.45) is 5.92 Å². The summed E-state index contributed by atoms with van der Waals surface area (Å²) in [7, 11) is 0. The van der Waals surface area contributed by atoms with Gasteiger partial charge in [-0.05, 0) is 54.3 Å². The Morgan fingerprint density at radius 1 is 1.17 bits per heavy atom. The summed E-state index contributed by atoms with van der Waals surface area (Å²) in [5, 5.41) is 15.9. The molecule has 0 saturated carbocycles. The minimum Gasteiger partial charge on any atom is -0.355 e. The zero-order chi connectivity index (χ0) is 20.2. The maximum Gasteiger partial charge on any atom is 0.226 e. The molecule has 1 aromatic carbocycles. The molecule has 1 saturated heterocycles. The van der Waals surface area contributed by atoms with Crippen LogP contribution in [0.25, 0.3) is 5.65 Å². The highest BCUT2D eigenvalue weighted by atomic mass is 16.2. The predicted molar refractivity (Wildman–Crippen MR) is 110 cm³/mol. The number of amides is 1. The van der Waals surface area contributed by atoms with Crippen LogP contribution >= 0.6 is 0 Å². The summed E-state index contributed by atoms with van der Waals surface area (Å²) >= 11 is 0. The Kier molecular flexibility index (Phi) is 5.69. The minimum absolute atomic E-state index is 0.0562. The number of carbonyl (C=O) groups is 1. The molecule has 2 aromatic heterocycles. The average Bonchev–Trinajstić information content (AvgIpc) is 3.25. The Morgan fingerprint density at radius 3 is 2.66 bits per heavy atom. The molecule has 152 valence electrons. The number of piperidine rings is 1. The van der Waals surface area contributed by atoms with Crippen LogP contribution in [0, 0.1) is 5.92 Å². The van der Waals surface area contributed by atoms with Gasteiger partial charge in [0.2, 0.25) is 5.91 Å².